The summed E-state index contributed by atoms with van der Waals surface area (Å²) in [5.74, 6) is -0.406. The Kier molecular flexibility index (Phi) is 15.5. The molecule has 7 heteroatoms. The van der Waals surface area contributed by atoms with Gasteiger partial charge in [0, 0.05) is 6.42 Å². The highest BCUT2D eigenvalue weighted by Crippen LogP contribution is 2.20. The van der Waals surface area contributed by atoms with Crippen molar-refractivity contribution in [3.63, 3.8) is 0 Å². The average molecular weight is 443 g/mol. The zero-order chi connectivity index (χ0) is 22.9. The minimum Gasteiger partial charge on any atom is -0.463 e. The molecule has 0 aliphatic carbocycles. The van der Waals surface area contributed by atoms with Gasteiger partial charge in [0.25, 0.3) is 0 Å². The molecule has 0 bridgehead atoms. The first-order valence-electron chi connectivity index (χ1n) is 11.8. The topological polar surface area (TPSA) is 116 Å². The molecule has 180 valence electrons. The van der Waals surface area contributed by atoms with Crippen molar-refractivity contribution in [1.29, 1.82) is 0 Å². The standard InChI is InChI=1S/C24H42O7/c1-2-3-4-5-6-7-8-9-10-11-12-13-14-15-16-17-20(25)30-18-19-21(26)22(27)23(28)24(29)31-19/h6-7,9-10,19,21-24,26-29H,2-5,8,11-18H2,1H3/t19-,21-,22+,23-,24?/m1/s1. The van der Waals surface area contributed by atoms with E-state index >= 15 is 0 Å². The van der Waals surface area contributed by atoms with Gasteiger partial charge in [-0.25, -0.2) is 0 Å². The molecule has 0 spiro atoms. The van der Waals surface area contributed by atoms with Gasteiger partial charge in [0.15, 0.2) is 6.29 Å². The van der Waals surface area contributed by atoms with Gasteiger partial charge in [-0.05, 0) is 38.5 Å². The normalized spacial score (nSPS) is 26.7. The highest BCUT2D eigenvalue weighted by molar-refractivity contribution is 5.69. The van der Waals surface area contributed by atoms with E-state index in [-0.39, 0.29) is 13.0 Å². The van der Waals surface area contributed by atoms with E-state index in [9.17, 15) is 25.2 Å². The molecule has 0 aromatic rings. The second kappa shape index (κ2) is 17.3. The first kappa shape index (κ1) is 27.8. The van der Waals surface area contributed by atoms with Crippen molar-refractivity contribution in [2.24, 2.45) is 0 Å². The van der Waals surface area contributed by atoms with Crippen LogP contribution < -0.4 is 0 Å². The lowest BCUT2D eigenvalue weighted by molar-refractivity contribution is -0.287. The van der Waals surface area contributed by atoms with Crippen LogP contribution in [0.1, 0.15) is 84.0 Å². The number of carbonyl (C=O) groups excluding carboxylic acids is 1. The summed E-state index contributed by atoms with van der Waals surface area (Å²) in [5.41, 5.74) is 0. The van der Waals surface area contributed by atoms with E-state index in [4.69, 9.17) is 9.47 Å². The maximum absolute atomic E-state index is 11.8. The fourth-order valence-corrected chi connectivity index (χ4v) is 3.40. The minimum atomic E-state index is -1.62. The molecule has 0 radical (unpaired) electrons. The van der Waals surface area contributed by atoms with Crippen molar-refractivity contribution in [2.75, 3.05) is 6.61 Å². The Morgan fingerprint density at radius 2 is 1.42 bits per heavy atom. The molecule has 1 fully saturated rings. The Morgan fingerprint density at radius 1 is 0.806 bits per heavy atom. The molecule has 5 atom stereocenters. The van der Waals surface area contributed by atoms with E-state index in [0.717, 1.165) is 44.9 Å². The molecule has 1 aliphatic heterocycles. The lowest BCUT2D eigenvalue weighted by Crippen LogP contribution is -2.58. The van der Waals surface area contributed by atoms with E-state index in [1.807, 2.05) is 0 Å². The van der Waals surface area contributed by atoms with Crippen LogP contribution in [-0.2, 0) is 14.3 Å². The smallest absolute Gasteiger partial charge is 0.305 e. The van der Waals surface area contributed by atoms with Crippen molar-refractivity contribution >= 4 is 5.97 Å². The Hall–Kier alpha value is -1.25. The average Bonchev–Trinajstić information content (AvgIpc) is 2.76. The highest BCUT2D eigenvalue weighted by atomic mass is 16.6. The maximum atomic E-state index is 11.8. The Morgan fingerprint density at radius 3 is 2.10 bits per heavy atom. The van der Waals surface area contributed by atoms with Gasteiger partial charge in [0.05, 0.1) is 0 Å². The van der Waals surface area contributed by atoms with Crippen LogP contribution in [0.5, 0.6) is 0 Å². The fraction of sp³-hybridized carbons (Fsp3) is 0.792. The minimum absolute atomic E-state index is 0.277. The Balaban J connectivity index is 1.96. The Bertz CT molecular complexity index is 520. The van der Waals surface area contributed by atoms with Crippen LogP contribution in [0.4, 0.5) is 0 Å². The number of rotatable bonds is 16. The summed E-state index contributed by atoms with van der Waals surface area (Å²) < 4.78 is 10.0. The molecule has 7 nitrogen and oxygen atoms in total. The van der Waals surface area contributed by atoms with E-state index in [1.165, 1.54) is 25.7 Å². The summed E-state index contributed by atoms with van der Waals surface area (Å²) in [5, 5.41) is 38.3. The number of carbonyl (C=O) groups is 1. The number of ether oxygens (including phenoxy) is 2. The summed E-state index contributed by atoms with van der Waals surface area (Å²) >= 11 is 0. The third-order valence-corrected chi connectivity index (χ3v) is 5.43. The molecule has 0 saturated carbocycles. The number of aliphatic hydroxyl groups is 4. The summed E-state index contributed by atoms with van der Waals surface area (Å²) in [6.07, 6.45) is 14.2. The lowest BCUT2D eigenvalue weighted by atomic mass is 9.99. The molecule has 0 aromatic heterocycles. The summed E-state index contributed by atoms with van der Waals surface area (Å²) in [6.45, 7) is 1.94. The summed E-state index contributed by atoms with van der Waals surface area (Å²) in [4.78, 5) is 11.8. The molecule has 0 aromatic carbocycles. The van der Waals surface area contributed by atoms with Crippen molar-refractivity contribution in [2.45, 2.75) is 115 Å². The zero-order valence-electron chi connectivity index (χ0n) is 18.9. The van der Waals surface area contributed by atoms with Crippen molar-refractivity contribution < 1.29 is 34.7 Å². The predicted octanol–water partition coefficient (Wildman–Crippen LogP) is 3.14. The number of allylic oxidation sites excluding steroid dienone is 4. The molecule has 1 unspecified atom stereocenters. The lowest BCUT2D eigenvalue weighted by Gasteiger charge is -2.37. The SMILES string of the molecule is CCCCCC=CCC=CCCCCCCCC(=O)OC[C@H]1OC(O)[C@H](O)[C@@H](O)[C@@H]1O. The molecule has 1 aliphatic rings. The Labute approximate surface area is 186 Å². The monoisotopic (exact) mass is 442 g/mol. The van der Waals surface area contributed by atoms with Gasteiger partial charge in [-0.3, -0.25) is 4.79 Å². The quantitative estimate of drug-likeness (QED) is 0.165. The first-order chi connectivity index (χ1) is 15.0. The van der Waals surface area contributed by atoms with Crippen LogP contribution in [0, 0.1) is 0 Å². The number of aliphatic hydroxyl groups excluding tert-OH is 4. The second-order valence-corrected chi connectivity index (χ2v) is 8.20. The van der Waals surface area contributed by atoms with E-state index in [0.29, 0.717) is 0 Å². The molecule has 4 N–H and O–H groups in total. The van der Waals surface area contributed by atoms with Crippen molar-refractivity contribution in [1.82, 2.24) is 0 Å². The van der Waals surface area contributed by atoms with Crippen molar-refractivity contribution in [3.8, 4) is 0 Å². The van der Waals surface area contributed by atoms with Gasteiger partial charge < -0.3 is 29.9 Å². The fourth-order valence-electron chi connectivity index (χ4n) is 3.40. The zero-order valence-corrected chi connectivity index (χ0v) is 18.9. The largest absolute Gasteiger partial charge is 0.463 e. The summed E-state index contributed by atoms with van der Waals surface area (Å²) in [6, 6.07) is 0. The van der Waals surface area contributed by atoms with Gasteiger partial charge >= 0.3 is 5.97 Å². The molecule has 0 amide bonds. The van der Waals surface area contributed by atoms with E-state index in [1.54, 1.807) is 0 Å². The van der Waals surface area contributed by atoms with Crippen LogP contribution in [-0.4, -0.2) is 63.7 Å². The van der Waals surface area contributed by atoms with Gasteiger partial charge in [-0.15, -0.1) is 0 Å². The van der Waals surface area contributed by atoms with Gasteiger partial charge in [-0.2, -0.15) is 0 Å². The molecule has 1 heterocycles. The number of esters is 1. The number of hydrogen-bond acceptors (Lipinski definition) is 7. The van der Waals surface area contributed by atoms with Crippen LogP contribution in [0.25, 0.3) is 0 Å². The van der Waals surface area contributed by atoms with Crippen LogP contribution in [0.15, 0.2) is 24.3 Å². The van der Waals surface area contributed by atoms with E-state index < -0.39 is 36.7 Å². The van der Waals surface area contributed by atoms with Crippen LogP contribution in [0.2, 0.25) is 0 Å². The van der Waals surface area contributed by atoms with Gasteiger partial charge in [0.2, 0.25) is 0 Å². The van der Waals surface area contributed by atoms with E-state index in [2.05, 4.69) is 31.2 Å². The van der Waals surface area contributed by atoms with Crippen LogP contribution >= 0.6 is 0 Å². The van der Waals surface area contributed by atoms with Crippen molar-refractivity contribution in [3.05, 3.63) is 24.3 Å². The highest BCUT2D eigenvalue weighted by Gasteiger charge is 2.43. The molecular formula is C24H42O7. The third kappa shape index (κ3) is 12.4. The van der Waals surface area contributed by atoms with Gasteiger partial charge in [0.1, 0.15) is 31.0 Å². The molecule has 1 rings (SSSR count). The second-order valence-electron chi connectivity index (χ2n) is 8.20. The van der Waals surface area contributed by atoms with Crippen LogP contribution in [0.3, 0.4) is 0 Å². The van der Waals surface area contributed by atoms with Gasteiger partial charge in [-0.1, -0.05) is 63.3 Å². The summed E-state index contributed by atoms with van der Waals surface area (Å²) in [7, 11) is 0. The first-order valence-corrected chi connectivity index (χ1v) is 11.8. The molecule has 31 heavy (non-hydrogen) atoms. The maximum Gasteiger partial charge on any atom is 0.305 e. The number of hydrogen-bond donors (Lipinski definition) is 4. The predicted molar refractivity (Wildman–Crippen MR) is 119 cm³/mol. The molecular weight excluding hydrogens is 400 g/mol. The number of unbranched alkanes of at least 4 members (excludes halogenated alkanes) is 8. The third-order valence-electron chi connectivity index (χ3n) is 5.43. The molecule has 1 saturated heterocycles.